The Morgan fingerprint density at radius 3 is 2.85 bits per heavy atom. The van der Waals surface area contributed by atoms with E-state index >= 15 is 0 Å². The Labute approximate surface area is 81.3 Å². The fourth-order valence-electron chi connectivity index (χ4n) is 1.39. The van der Waals surface area contributed by atoms with Crippen molar-refractivity contribution >= 4 is 6.08 Å². The van der Waals surface area contributed by atoms with Crippen LogP contribution in [0.3, 0.4) is 0 Å². The van der Waals surface area contributed by atoms with E-state index in [0.29, 0.717) is 0 Å². The molecule has 0 aromatic heterocycles. The van der Waals surface area contributed by atoms with E-state index in [-0.39, 0.29) is 0 Å². The van der Waals surface area contributed by atoms with Gasteiger partial charge in [0.2, 0.25) is 0 Å². The van der Waals surface area contributed by atoms with Crippen molar-refractivity contribution in [2.75, 3.05) is 0 Å². The van der Waals surface area contributed by atoms with Crippen molar-refractivity contribution in [2.45, 2.75) is 26.7 Å². The van der Waals surface area contributed by atoms with Crippen LogP contribution < -0.4 is 0 Å². The Kier molecular flexibility index (Phi) is 3.75. The number of hydrogen-bond acceptors (Lipinski definition) is 0. The molecule has 0 saturated carbocycles. The van der Waals surface area contributed by atoms with E-state index in [4.69, 9.17) is 0 Å². The van der Waals surface area contributed by atoms with Gasteiger partial charge in [-0.2, -0.15) is 0 Å². The molecule has 0 fully saturated rings. The second kappa shape index (κ2) is 4.86. The molecular weight excluding hydrogens is 156 g/mol. The zero-order chi connectivity index (χ0) is 9.68. The summed E-state index contributed by atoms with van der Waals surface area (Å²) in [5.41, 5.74) is 2.65. The van der Waals surface area contributed by atoms with Gasteiger partial charge in [0.05, 0.1) is 0 Å². The van der Waals surface area contributed by atoms with Crippen molar-refractivity contribution < 1.29 is 0 Å². The van der Waals surface area contributed by atoms with Gasteiger partial charge in [-0.3, -0.25) is 0 Å². The van der Waals surface area contributed by atoms with E-state index in [1.165, 1.54) is 24.0 Å². The summed E-state index contributed by atoms with van der Waals surface area (Å²) in [6.45, 7) is 8.30. The third-order valence-corrected chi connectivity index (χ3v) is 2.47. The van der Waals surface area contributed by atoms with Gasteiger partial charge in [-0.1, -0.05) is 57.2 Å². The first-order valence-electron chi connectivity index (χ1n) is 4.97. The summed E-state index contributed by atoms with van der Waals surface area (Å²) in [6.07, 6.45) is 4.33. The third-order valence-electron chi connectivity index (χ3n) is 2.47. The van der Waals surface area contributed by atoms with Gasteiger partial charge in [0.1, 0.15) is 0 Å². The summed E-state index contributed by atoms with van der Waals surface area (Å²) in [5, 5.41) is 0. The Balaban J connectivity index is 2.71. The standard InChI is InChI=1S/C13H18/c1-4-11(3)9-13-8-6-7-12(5-2)10-13/h5-8,10-11H,2,4,9H2,1,3H3. The topological polar surface area (TPSA) is 0 Å². The Morgan fingerprint density at radius 2 is 2.23 bits per heavy atom. The summed E-state index contributed by atoms with van der Waals surface area (Å²) in [4.78, 5) is 0. The molecule has 0 amide bonds. The Hall–Kier alpha value is -1.04. The highest BCUT2D eigenvalue weighted by Crippen LogP contribution is 2.13. The molecule has 0 spiro atoms. The lowest BCUT2D eigenvalue weighted by Gasteiger charge is -2.08. The fraction of sp³-hybridized carbons (Fsp3) is 0.385. The highest BCUT2D eigenvalue weighted by Gasteiger charge is 2.00. The number of benzene rings is 1. The lowest BCUT2D eigenvalue weighted by atomic mass is 9.98. The molecule has 1 atom stereocenters. The van der Waals surface area contributed by atoms with E-state index in [9.17, 15) is 0 Å². The van der Waals surface area contributed by atoms with Crippen LogP contribution in [-0.2, 0) is 6.42 Å². The zero-order valence-electron chi connectivity index (χ0n) is 8.59. The molecule has 70 valence electrons. The van der Waals surface area contributed by atoms with Gasteiger partial charge in [-0.05, 0) is 23.5 Å². The molecule has 1 rings (SSSR count). The van der Waals surface area contributed by atoms with Gasteiger partial charge in [0.25, 0.3) is 0 Å². The average Bonchev–Trinajstić information content (AvgIpc) is 2.18. The number of hydrogen-bond donors (Lipinski definition) is 0. The van der Waals surface area contributed by atoms with Gasteiger partial charge < -0.3 is 0 Å². The van der Waals surface area contributed by atoms with E-state index in [2.05, 4.69) is 44.7 Å². The molecule has 0 nitrogen and oxygen atoms in total. The van der Waals surface area contributed by atoms with Crippen molar-refractivity contribution in [3.63, 3.8) is 0 Å². The van der Waals surface area contributed by atoms with Gasteiger partial charge in [-0.25, -0.2) is 0 Å². The Morgan fingerprint density at radius 1 is 1.46 bits per heavy atom. The molecule has 1 aromatic carbocycles. The van der Waals surface area contributed by atoms with E-state index in [1.807, 2.05) is 6.08 Å². The SMILES string of the molecule is C=Cc1cccc(CC(C)CC)c1. The normalized spacial score (nSPS) is 12.5. The molecule has 0 heteroatoms. The summed E-state index contributed by atoms with van der Waals surface area (Å²) in [7, 11) is 0. The van der Waals surface area contributed by atoms with Gasteiger partial charge in [0.15, 0.2) is 0 Å². The minimum atomic E-state index is 0.778. The molecule has 0 N–H and O–H groups in total. The smallest absolute Gasteiger partial charge is 0.0253 e. The lowest BCUT2D eigenvalue weighted by Crippen LogP contribution is -1.97. The largest absolute Gasteiger partial charge is 0.0985 e. The lowest BCUT2D eigenvalue weighted by molar-refractivity contribution is 0.560. The molecule has 0 aliphatic carbocycles. The number of rotatable bonds is 4. The van der Waals surface area contributed by atoms with Crippen LogP contribution in [0.4, 0.5) is 0 Å². The molecular formula is C13H18. The fourth-order valence-corrected chi connectivity index (χ4v) is 1.39. The zero-order valence-corrected chi connectivity index (χ0v) is 8.59. The van der Waals surface area contributed by atoms with Crippen LogP contribution in [0.15, 0.2) is 30.8 Å². The molecule has 1 aromatic rings. The van der Waals surface area contributed by atoms with Crippen LogP contribution in [0.25, 0.3) is 6.08 Å². The van der Waals surface area contributed by atoms with Crippen molar-refractivity contribution in [1.29, 1.82) is 0 Å². The summed E-state index contributed by atoms with van der Waals surface area (Å²) >= 11 is 0. The molecule has 0 bridgehead atoms. The summed E-state index contributed by atoms with van der Waals surface area (Å²) < 4.78 is 0. The first-order chi connectivity index (χ1) is 6.26. The van der Waals surface area contributed by atoms with Gasteiger partial charge in [0, 0.05) is 0 Å². The minimum absolute atomic E-state index is 0.778. The summed E-state index contributed by atoms with van der Waals surface area (Å²) in [6, 6.07) is 8.61. The summed E-state index contributed by atoms with van der Waals surface area (Å²) in [5.74, 6) is 0.778. The molecule has 0 radical (unpaired) electrons. The predicted molar refractivity (Wildman–Crippen MR) is 59.7 cm³/mol. The maximum Gasteiger partial charge on any atom is -0.0253 e. The average molecular weight is 174 g/mol. The van der Waals surface area contributed by atoms with Crippen LogP contribution in [0.1, 0.15) is 31.4 Å². The maximum absolute atomic E-state index is 3.77. The highest BCUT2D eigenvalue weighted by atomic mass is 14.1. The van der Waals surface area contributed by atoms with Gasteiger partial charge >= 0.3 is 0 Å². The van der Waals surface area contributed by atoms with Crippen molar-refractivity contribution in [1.82, 2.24) is 0 Å². The second-order valence-corrected chi connectivity index (χ2v) is 3.67. The molecule has 0 heterocycles. The quantitative estimate of drug-likeness (QED) is 0.649. The van der Waals surface area contributed by atoms with Crippen molar-refractivity contribution in [2.24, 2.45) is 5.92 Å². The molecule has 0 saturated heterocycles. The van der Waals surface area contributed by atoms with Crippen LogP contribution >= 0.6 is 0 Å². The molecule has 0 aliphatic rings. The van der Waals surface area contributed by atoms with Crippen molar-refractivity contribution in [3.05, 3.63) is 42.0 Å². The molecule has 0 aliphatic heterocycles. The van der Waals surface area contributed by atoms with Crippen molar-refractivity contribution in [3.8, 4) is 0 Å². The molecule has 1 unspecified atom stereocenters. The van der Waals surface area contributed by atoms with Crippen LogP contribution in [-0.4, -0.2) is 0 Å². The van der Waals surface area contributed by atoms with E-state index in [1.54, 1.807) is 0 Å². The highest BCUT2D eigenvalue weighted by molar-refractivity contribution is 5.47. The molecule has 13 heavy (non-hydrogen) atoms. The van der Waals surface area contributed by atoms with Gasteiger partial charge in [-0.15, -0.1) is 0 Å². The van der Waals surface area contributed by atoms with Crippen LogP contribution in [0.2, 0.25) is 0 Å². The van der Waals surface area contributed by atoms with Crippen LogP contribution in [0, 0.1) is 5.92 Å². The third kappa shape index (κ3) is 3.06. The minimum Gasteiger partial charge on any atom is -0.0985 e. The maximum atomic E-state index is 3.77. The second-order valence-electron chi connectivity index (χ2n) is 3.67. The first kappa shape index (κ1) is 10.0. The van der Waals surface area contributed by atoms with E-state index in [0.717, 1.165) is 5.92 Å². The van der Waals surface area contributed by atoms with E-state index < -0.39 is 0 Å². The Bertz CT molecular complexity index is 273. The monoisotopic (exact) mass is 174 g/mol. The predicted octanol–water partition coefficient (Wildman–Crippen LogP) is 3.92. The van der Waals surface area contributed by atoms with Crippen LogP contribution in [0.5, 0.6) is 0 Å². The first-order valence-corrected chi connectivity index (χ1v) is 4.97.